The first-order valence-electron chi connectivity index (χ1n) is 7.72. The summed E-state index contributed by atoms with van der Waals surface area (Å²) < 4.78 is 5.39. The molecular formula is C15H29ClN2O2. The van der Waals surface area contributed by atoms with E-state index in [1.165, 1.54) is 12.8 Å². The van der Waals surface area contributed by atoms with Crippen molar-refractivity contribution in [2.45, 2.75) is 45.1 Å². The van der Waals surface area contributed by atoms with E-state index in [0.717, 1.165) is 39.0 Å². The second kappa shape index (κ2) is 8.85. The Morgan fingerprint density at radius 2 is 2.20 bits per heavy atom. The van der Waals surface area contributed by atoms with Gasteiger partial charge >= 0.3 is 0 Å². The number of piperidine rings is 2. The third-order valence-corrected chi connectivity index (χ3v) is 4.70. The summed E-state index contributed by atoms with van der Waals surface area (Å²) in [5.74, 6) is 1.48. The Morgan fingerprint density at radius 1 is 1.40 bits per heavy atom. The van der Waals surface area contributed by atoms with E-state index < -0.39 is 0 Å². The number of hydrogen-bond acceptors (Lipinski definition) is 3. The summed E-state index contributed by atoms with van der Waals surface area (Å²) in [6, 6.07) is 0. The molecule has 1 N–H and O–H groups in total. The minimum atomic E-state index is 0. The number of carbonyl (C=O) groups excluding carboxylic acids is 1. The molecule has 2 rings (SSSR count). The van der Waals surface area contributed by atoms with Crippen LogP contribution in [0.3, 0.4) is 0 Å². The van der Waals surface area contributed by atoms with Crippen LogP contribution >= 0.6 is 12.4 Å². The van der Waals surface area contributed by atoms with Crippen molar-refractivity contribution in [3.63, 3.8) is 0 Å². The second-order valence-corrected chi connectivity index (χ2v) is 6.13. The van der Waals surface area contributed by atoms with Gasteiger partial charge in [-0.2, -0.15) is 0 Å². The summed E-state index contributed by atoms with van der Waals surface area (Å²) in [6.45, 7) is 6.14. The van der Waals surface area contributed by atoms with E-state index in [9.17, 15) is 4.79 Å². The van der Waals surface area contributed by atoms with Crippen LogP contribution in [0.25, 0.3) is 0 Å². The summed E-state index contributed by atoms with van der Waals surface area (Å²) in [5, 5.41) is 3.44. The highest BCUT2D eigenvalue weighted by Crippen LogP contribution is 2.24. The molecule has 1 amide bonds. The molecule has 0 radical (unpaired) electrons. The lowest BCUT2D eigenvalue weighted by molar-refractivity contribution is -0.136. The molecule has 2 saturated heterocycles. The van der Waals surface area contributed by atoms with Crippen molar-refractivity contribution in [2.75, 3.05) is 33.3 Å². The van der Waals surface area contributed by atoms with Crippen molar-refractivity contribution >= 4 is 18.3 Å². The number of amides is 1. The zero-order valence-electron chi connectivity index (χ0n) is 12.8. The Balaban J connectivity index is 0.00000200. The monoisotopic (exact) mass is 304 g/mol. The molecule has 2 aliphatic heterocycles. The van der Waals surface area contributed by atoms with Gasteiger partial charge in [-0.15, -0.1) is 12.4 Å². The fraction of sp³-hybridized carbons (Fsp3) is 0.933. The van der Waals surface area contributed by atoms with E-state index in [1.807, 2.05) is 4.90 Å². The molecule has 0 saturated carbocycles. The van der Waals surface area contributed by atoms with Gasteiger partial charge < -0.3 is 15.0 Å². The summed E-state index contributed by atoms with van der Waals surface area (Å²) in [4.78, 5) is 14.4. The smallest absolute Gasteiger partial charge is 0.222 e. The van der Waals surface area contributed by atoms with E-state index in [-0.39, 0.29) is 18.5 Å². The van der Waals surface area contributed by atoms with Crippen LogP contribution in [-0.4, -0.2) is 50.2 Å². The van der Waals surface area contributed by atoms with Gasteiger partial charge in [0.05, 0.1) is 6.10 Å². The molecule has 20 heavy (non-hydrogen) atoms. The Hall–Kier alpha value is -0.320. The van der Waals surface area contributed by atoms with Crippen molar-refractivity contribution in [2.24, 2.45) is 11.8 Å². The average Bonchev–Trinajstić information content (AvgIpc) is 2.48. The first kappa shape index (κ1) is 17.7. The fourth-order valence-corrected chi connectivity index (χ4v) is 3.29. The molecule has 2 aliphatic rings. The topological polar surface area (TPSA) is 41.6 Å². The van der Waals surface area contributed by atoms with Gasteiger partial charge in [0.25, 0.3) is 0 Å². The molecule has 3 unspecified atom stereocenters. The molecule has 0 spiro atoms. The molecule has 0 bridgehead atoms. The van der Waals surface area contributed by atoms with Crippen LogP contribution in [0.15, 0.2) is 0 Å². The van der Waals surface area contributed by atoms with E-state index in [0.29, 0.717) is 24.2 Å². The van der Waals surface area contributed by atoms with Gasteiger partial charge in [0.2, 0.25) is 5.91 Å². The zero-order valence-corrected chi connectivity index (χ0v) is 13.6. The minimum absolute atomic E-state index is 0. The van der Waals surface area contributed by atoms with Crippen LogP contribution in [0.2, 0.25) is 0 Å². The standard InChI is InChI=1S/C15H28N2O2.ClH/c1-12(13-5-3-7-16-10-13)9-15(18)17-8-4-6-14(11-17)19-2;/h12-14,16H,3-11H2,1-2H3;1H. The van der Waals surface area contributed by atoms with Crippen molar-refractivity contribution < 1.29 is 9.53 Å². The highest BCUT2D eigenvalue weighted by atomic mass is 35.5. The molecule has 2 heterocycles. The van der Waals surface area contributed by atoms with Gasteiger partial charge in [-0.25, -0.2) is 0 Å². The van der Waals surface area contributed by atoms with Crippen LogP contribution in [0.4, 0.5) is 0 Å². The lowest BCUT2D eigenvalue weighted by atomic mass is 9.85. The van der Waals surface area contributed by atoms with Crippen molar-refractivity contribution in [1.29, 1.82) is 0 Å². The fourth-order valence-electron chi connectivity index (χ4n) is 3.29. The van der Waals surface area contributed by atoms with Gasteiger partial charge in [0.1, 0.15) is 0 Å². The van der Waals surface area contributed by atoms with Gasteiger partial charge in [0.15, 0.2) is 0 Å². The minimum Gasteiger partial charge on any atom is -0.380 e. The van der Waals surface area contributed by atoms with Crippen molar-refractivity contribution in [1.82, 2.24) is 10.2 Å². The first-order chi connectivity index (χ1) is 9.20. The average molecular weight is 305 g/mol. The Morgan fingerprint density at radius 3 is 2.85 bits per heavy atom. The highest BCUT2D eigenvalue weighted by Gasteiger charge is 2.27. The first-order valence-corrected chi connectivity index (χ1v) is 7.72. The van der Waals surface area contributed by atoms with Crippen LogP contribution < -0.4 is 5.32 Å². The number of carbonyl (C=O) groups is 1. The van der Waals surface area contributed by atoms with Crippen LogP contribution in [0.1, 0.15) is 39.0 Å². The molecule has 118 valence electrons. The molecule has 0 aromatic carbocycles. The molecule has 0 aliphatic carbocycles. The van der Waals surface area contributed by atoms with Gasteiger partial charge in [-0.05, 0) is 50.6 Å². The second-order valence-electron chi connectivity index (χ2n) is 6.13. The lowest BCUT2D eigenvalue weighted by Gasteiger charge is -2.34. The number of nitrogens with one attached hydrogen (secondary N) is 1. The van der Waals surface area contributed by atoms with Gasteiger partial charge in [0, 0.05) is 26.6 Å². The predicted molar refractivity (Wildman–Crippen MR) is 83.2 cm³/mol. The number of hydrogen-bond donors (Lipinski definition) is 1. The number of likely N-dealkylation sites (tertiary alicyclic amines) is 1. The number of nitrogens with zero attached hydrogens (tertiary/aromatic N) is 1. The summed E-state index contributed by atoms with van der Waals surface area (Å²) in [5.41, 5.74) is 0. The highest BCUT2D eigenvalue weighted by molar-refractivity contribution is 5.85. The van der Waals surface area contributed by atoms with Crippen molar-refractivity contribution in [3.05, 3.63) is 0 Å². The van der Waals surface area contributed by atoms with E-state index in [4.69, 9.17) is 4.74 Å². The van der Waals surface area contributed by atoms with Crippen LogP contribution in [0, 0.1) is 11.8 Å². The maximum atomic E-state index is 12.4. The van der Waals surface area contributed by atoms with Crippen LogP contribution in [0.5, 0.6) is 0 Å². The Bertz CT molecular complexity index is 296. The Kier molecular flexibility index (Phi) is 7.85. The largest absolute Gasteiger partial charge is 0.380 e. The molecule has 0 aromatic rings. The zero-order chi connectivity index (χ0) is 13.7. The lowest BCUT2D eigenvalue weighted by Crippen LogP contribution is -2.44. The van der Waals surface area contributed by atoms with Crippen LogP contribution in [-0.2, 0) is 9.53 Å². The molecule has 2 fully saturated rings. The maximum absolute atomic E-state index is 12.4. The third-order valence-electron chi connectivity index (χ3n) is 4.70. The van der Waals surface area contributed by atoms with E-state index >= 15 is 0 Å². The third kappa shape index (κ3) is 4.90. The molecule has 3 atom stereocenters. The number of rotatable bonds is 4. The van der Waals surface area contributed by atoms with E-state index in [2.05, 4.69) is 12.2 Å². The SMILES string of the molecule is COC1CCCN(C(=O)CC(C)C2CCCNC2)C1.Cl. The van der Waals surface area contributed by atoms with Crippen molar-refractivity contribution in [3.8, 4) is 0 Å². The quantitative estimate of drug-likeness (QED) is 0.864. The summed E-state index contributed by atoms with van der Waals surface area (Å²) in [7, 11) is 1.75. The normalized spacial score (nSPS) is 28.6. The maximum Gasteiger partial charge on any atom is 0.222 e. The predicted octanol–water partition coefficient (Wildman–Crippen LogP) is 2.07. The molecule has 4 nitrogen and oxygen atoms in total. The van der Waals surface area contributed by atoms with E-state index in [1.54, 1.807) is 7.11 Å². The number of methoxy groups -OCH3 is 1. The number of halogens is 1. The van der Waals surface area contributed by atoms with Gasteiger partial charge in [-0.3, -0.25) is 4.79 Å². The van der Waals surface area contributed by atoms with Gasteiger partial charge in [-0.1, -0.05) is 6.92 Å². The summed E-state index contributed by atoms with van der Waals surface area (Å²) in [6.07, 6.45) is 5.61. The molecule has 0 aromatic heterocycles. The molecule has 5 heteroatoms. The Labute approximate surface area is 129 Å². The summed E-state index contributed by atoms with van der Waals surface area (Å²) >= 11 is 0. The number of ether oxygens (including phenoxy) is 1. The molecular weight excluding hydrogens is 276 g/mol.